The molecule has 0 spiro atoms. The lowest BCUT2D eigenvalue weighted by Gasteiger charge is -2.34. The minimum absolute atomic E-state index is 0.0202. The van der Waals surface area contributed by atoms with Gasteiger partial charge in [0.05, 0.1) is 16.7 Å². The Hall–Kier alpha value is -3.34. The van der Waals surface area contributed by atoms with Crippen molar-refractivity contribution in [2.45, 2.75) is 45.4 Å². The molecule has 36 heavy (non-hydrogen) atoms. The number of aromatic nitrogens is 1. The third-order valence-corrected chi connectivity index (χ3v) is 5.65. The topological polar surface area (TPSA) is 104 Å². The molecule has 3 rings (SSSR count). The monoisotopic (exact) mass is 520 g/mol. The van der Waals surface area contributed by atoms with Gasteiger partial charge in [0.2, 0.25) is 5.91 Å². The molecule has 0 aliphatic rings. The highest BCUT2D eigenvalue weighted by Gasteiger charge is 2.29. The number of nitrogens with zero attached hydrogens (tertiary/aromatic N) is 2. The Kier molecular flexibility index (Phi) is 8.78. The van der Waals surface area contributed by atoms with E-state index in [-0.39, 0.29) is 30.4 Å². The molecule has 0 saturated heterocycles. The molecule has 2 aromatic carbocycles. The number of halogens is 3. The van der Waals surface area contributed by atoms with Gasteiger partial charge in [-0.1, -0.05) is 29.8 Å². The second-order valence-electron chi connectivity index (χ2n) is 8.89. The van der Waals surface area contributed by atoms with Gasteiger partial charge < -0.3 is 9.84 Å². The zero-order valence-corrected chi connectivity index (χ0v) is 20.8. The van der Waals surface area contributed by atoms with Gasteiger partial charge in [0, 0.05) is 31.5 Å². The molecule has 0 fully saturated rings. The van der Waals surface area contributed by atoms with Gasteiger partial charge in [-0.05, 0) is 49.1 Å². The summed E-state index contributed by atoms with van der Waals surface area (Å²) in [6, 6.07) is 9.30. The number of hydrogen-bond donors (Lipinski definition) is 3. The molecular formula is C25H27ClF2N4O4. The standard InChI is InChI=1S/C25H27ClF2N4O4/c1-15(33)32(30-13-17-5-4-6-21(28)23(17)26)20(11-25(2,3)35)14-36-24(34)31-22-10-16-7-8-19(27)9-18(16)12-29-22/h4-10,12,20,30,35H,11,13-14H2,1-3H3,(H,29,31,34)/t20-/m0/s1. The molecule has 1 aromatic heterocycles. The number of carbonyl (C=O) groups is 2. The molecule has 3 aromatic rings. The summed E-state index contributed by atoms with van der Waals surface area (Å²) in [5.41, 5.74) is 2.11. The van der Waals surface area contributed by atoms with Crippen LogP contribution in [0.5, 0.6) is 0 Å². The SMILES string of the molecule is CC(=O)N(NCc1cccc(F)c1Cl)[C@H](COC(=O)Nc1cc2ccc(F)cc2cn1)CC(C)(C)O. The number of nitrogens with one attached hydrogen (secondary N) is 2. The van der Waals surface area contributed by atoms with Crippen LogP contribution in [0, 0.1) is 11.6 Å². The summed E-state index contributed by atoms with van der Waals surface area (Å²) in [6.07, 6.45) is 0.648. The van der Waals surface area contributed by atoms with Crippen molar-refractivity contribution in [3.8, 4) is 0 Å². The average molecular weight is 521 g/mol. The Bertz CT molecular complexity index is 1250. The van der Waals surface area contributed by atoms with E-state index in [2.05, 4.69) is 15.7 Å². The van der Waals surface area contributed by atoms with Crippen molar-refractivity contribution in [2.75, 3.05) is 11.9 Å². The Balaban J connectivity index is 1.69. The number of hydrazine groups is 1. The second-order valence-corrected chi connectivity index (χ2v) is 9.27. The minimum atomic E-state index is -1.20. The van der Waals surface area contributed by atoms with E-state index in [0.29, 0.717) is 16.3 Å². The molecule has 0 saturated carbocycles. The molecule has 0 aliphatic carbocycles. The molecule has 1 heterocycles. The third-order valence-electron chi connectivity index (χ3n) is 5.23. The summed E-state index contributed by atoms with van der Waals surface area (Å²) >= 11 is 6.01. The predicted molar refractivity (Wildman–Crippen MR) is 132 cm³/mol. The number of anilines is 1. The van der Waals surface area contributed by atoms with E-state index in [1.54, 1.807) is 32.0 Å². The van der Waals surface area contributed by atoms with E-state index in [1.807, 2.05) is 0 Å². The third kappa shape index (κ3) is 7.58. The normalized spacial score (nSPS) is 12.3. The number of hydrogen-bond acceptors (Lipinski definition) is 6. The van der Waals surface area contributed by atoms with Crippen molar-refractivity contribution in [3.05, 3.63) is 70.9 Å². The fourth-order valence-electron chi connectivity index (χ4n) is 3.65. The van der Waals surface area contributed by atoms with Crippen LogP contribution >= 0.6 is 11.6 Å². The van der Waals surface area contributed by atoms with Gasteiger partial charge in [-0.3, -0.25) is 15.1 Å². The van der Waals surface area contributed by atoms with Crippen LogP contribution in [0.2, 0.25) is 5.02 Å². The van der Waals surface area contributed by atoms with Crippen LogP contribution in [0.4, 0.5) is 19.4 Å². The van der Waals surface area contributed by atoms with Gasteiger partial charge >= 0.3 is 6.09 Å². The van der Waals surface area contributed by atoms with Gasteiger partial charge in [0.1, 0.15) is 24.1 Å². The molecule has 3 N–H and O–H groups in total. The molecule has 192 valence electrons. The first kappa shape index (κ1) is 27.3. The summed E-state index contributed by atoms with van der Waals surface area (Å²) in [4.78, 5) is 28.9. The summed E-state index contributed by atoms with van der Waals surface area (Å²) < 4.78 is 32.5. The number of fused-ring (bicyclic) bond motifs is 1. The van der Waals surface area contributed by atoms with Crippen LogP contribution in [0.15, 0.2) is 48.7 Å². The van der Waals surface area contributed by atoms with E-state index in [9.17, 15) is 23.5 Å². The van der Waals surface area contributed by atoms with Gasteiger partial charge in [-0.2, -0.15) is 0 Å². The van der Waals surface area contributed by atoms with Crippen LogP contribution in [-0.2, 0) is 16.1 Å². The number of carbonyl (C=O) groups excluding carboxylic acids is 2. The summed E-state index contributed by atoms with van der Waals surface area (Å²) in [6.45, 7) is 4.18. The van der Waals surface area contributed by atoms with E-state index >= 15 is 0 Å². The van der Waals surface area contributed by atoms with Gasteiger partial charge in [0.25, 0.3) is 0 Å². The molecule has 1 atom stereocenters. The minimum Gasteiger partial charge on any atom is -0.447 e. The van der Waals surface area contributed by atoms with Gasteiger partial charge in [-0.25, -0.2) is 24.0 Å². The van der Waals surface area contributed by atoms with Gasteiger partial charge in [-0.15, -0.1) is 0 Å². The van der Waals surface area contributed by atoms with Crippen molar-refractivity contribution in [2.24, 2.45) is 0 Å². The lowest BCUT2D eigenvalue weighted by molar-refractivity contribution is -0.138. The zero-order valence-electron chi connectivity index (χ0n) is 20.0. The summed E-state index contributed by atoms with van der Waals surface area (Å²) in [7, 11) is 0. The number of amides is 2. The average Bonchev–Trinajstić information content (AvgIpc) is 2.79. The van der Waals surface area contributed by atoms with Crippen LogP contribution in [-0.4, -0.2) is 45.3 Å². The Morgan fingerprint density at radius 3 is 2.64 bits per heavy atom. The summed E-state index contributed by atoms with van der Waals surface area (Å²) in [5.74, 6) is -1.21. The van der Waals surface area contributed by atoms with Crippen molar-refractivity contribution in [1.29, 1.82) is 0 Å². The molecular weight excluding hydrogens is 494 g/mol. The molecule has 8 nitrogen and oxygen atoms in total. The summed E-state index contributed by atoms with van der Waals surface area (Å²) in [5, 5.41) is 15.3. The Morgan fingerprint density at radius 2 is 1.94 bits per heavy atom. The zero-order chi connectivity index (χ0) is 26.5. The smallest absolute Gasteiger partial charge is 0.412 e. The van der Waals surface area contributed by atoms with Crippen LogP contribution < -0.4 is 10.7 Å². The van der Waals surface area contributed by atoms with E-state index < -0.39 is 35.3 Å². The van der Waals surface area contributed by atoms with Crippen molar-refractivity contribution < 1.29 is 28.2 Å². The maximum atomic E-state index is 13.8. The molecule has 0 bridgehead atoms. The van der Waals surface area contributed by atoms with E-state index in [0.717, 1.165) is 0 Å². The Morgan fingerprint density at radius 1 is 1.19 bits per heavy atom. The maximum Gasteiger partial charge on any atom is 0.412 e. The fourth-order valence-corrected chi connectivity index (χ4v) is 3.84. The molecule has 0 aliphatic heterocycles. The first-order valence-electron chi connectivity index (χ1n) is 11.1. The highest BCUT2D eigenvalue weighted by atomic mass is 35.5. The van der Waals surface area contributed by atoms with Crippen LogP contribution in [0.3, 0.4) is 0 Å². The number of pyridine rings is 1. The number of aliphatic hydroxyl groups is 1. The number of benzene rings is 2. The number of rotatable bonds is 9. The van der Waals surface area contributed by atoms with Crippen LogP contribution in [0.1, 0.15) is 32.8 Å². The Labute approximate surface area is 212 Å². The first-order chi connectivity index (χ1) is 16.9. The van der Waals surface area contributed by atoms with Crippen molar-refractivity contribution in [3.63, 3.8) is 0 Å². The lowest BCUT2D eigenvalue weighted by Crippen LogP contribution is -2.52. The lowest BCUT2D eigenvalue weighted by atomic mass is 9.99. The predicted octanol–water partition coefficient (Wildman–Crippen LogP) is 4.80. The largest absolute Gasteiger partial charge is 0.447 e. The van der Waals surface area contributed by atoms with E-state index in [4.69, 9.17) is 16.3 Å². The molecule has 0 unspecified atom stereocenters. The number of ether oxygens (including phenoxy) is 1. The van der Waals surface area contributed by atoms with E-state index in [1.165, 1.54) is 42.4 Å². The van der Waals surface area contributed by atoms with Crippen LogP contribution in [0.25, 0.3) is 10.8 Å². The molecule has 11 heteroatoms. The van der Waals surface area contributed by atoms with Crippen molar-refractivity contribution >= 4 is 40.2 Å². The quantitative estimate of drug-likeness (QED) is 0.350. The molecule has 0 radical (unpaired) electrons. The second kappa shape index (κ2) is 11.6. The van der Waals surface area contributed by atoms with Crippen molar-refractivity contribution in [1.82, 2.24) is 15.4 Å². The fraction of sp³-hybridized carbons (Fsp3) is 0.320. The first-order valence-corrected chi connectivity index (χ1v) is 11.5. The van der Waals surface area contributed by atoms with Gasteiger partial charge in [0.15, 0.2) is 0 Å². The highest BCUT2D eigenvalue weighted by Crippen LogP contribution is 2.21. The maximum absolute atomic E-state index is 13.8. The highest BCUT2D eigenvalue weighted by molar-refractivity contribution is 6.31. The molecule has 2 amide bonds.